The minimum absolute atomic E-state index is 0.0647. The Bertz CT molecular complexity index is 253. The van der Waals surface area contributed by atoms with Crippen molar-refractivity contribution in [2.45, 2.75) is 64.3 Å². The number of carbonyl (C=O) groups is 1. The van der Waals surface area contributed by atoms with Crippen LogP contribution in [0.25, 0.3) is 0 Å². The SMILES string of the molecule is CCCC1(CNC(=O)C2CCCCCN2)CC1. The maximum Gasteiger partial charge on any atom is 0.237 e. The van der Waals surface area contributed by atoms with E-state index < -0.39 is 0 Å². The van der Waals surface area contributed by atoms with Gasteiger partial charge < -0.3 is 10.6 Å². The first-order valence-electron chi connectivity index (χ1n) is 7.27. The predicted octanol–water partition coefficient (Wildman–Crippen LogP) is 2.22. The summed E-state index contributed by atoms with van der Waals surface area (Å²) in [4.78, 5) is 12.1. The van der Waals surface area contributed by atoms with E-state index in [1.54, 1.807) is 0 Å². The van der Waals surface area contributed by atoms with E-state index in [-0.39, 0.29) is 11.9 Å². The smallest absolute Gasteiger partial charge is 0.237 e. The molecule has 17 heavy (non-hydrogen) atoms. The van der Waals surface area contributed by atoms with Crippen LogP contribution >= 0.6 is 0 Å². The van der Waals surface area contributed by atoms with Gasteiger partial charge in [-0.2, -0.15) is 0 Å². The normalized spacial score (nSPS) is 27.2. The van der Waals surface area contributed by atoms with E-state index in [1.807, 2.05) is 0 Å². The van der Waals surface area contributed by atoms with Crippen LogP contribution in [0.15, 0.2) is 0 Å². The molecule has 0 radical (unpaired) electrons. The molecule has 1 unspecified atom stereocenters. The standard InChI is InChI=1S/C14H26N2O/c1-2-7-14(8-9-14)11-16-13(17)12-6-4-3-5-10-15-12/h12,15H,2-11H2,1H3,(H,16,17). The average molecular weight is 238 g/mol. The second-order valence-corrected chi connectivity index (χ2v) is 5.82. The van der Waals surface area contributed by atoms with Gasteiger partial charge in [-0.1, -0.05) is 26.2 Å². The Kier molecular flexibility index (Phi) is 4.43. The highest BCUT2D eigenvalue weighted by Crippen LogP contribution is 2.48. The molecule has 1 amide bonds. The number of hydrogen-bond acceptors (Lipinski definition) is 2. The van der Waals surface area contributed by atoms with Crippen LogP contribution in [0.2, 0.25) is 0 Å². The molecule has 0 aromatic heterocycles. The molecule has 0 bridgehead atoms. The van der Waals surface area contributed by atoms with Crippen molar-refractivity contribution in [1.29, 1.82) is 0 Å². The van der Waals surface area contributed by atoms with Gasteiger partial charge in [0.1, 0.15) is 0 Å². The summed E-state index contributed by atoms with van der Waals surface area (Å²) in [5.74, 6) is 0.231. The molecule has 2 rings (SSSR count). The molecule has 2 fully saturated rings. The zero-order chi connectivity index (χ0) is 12.1. The molecule has 2 aliphatic rings. The minimum Gasteiger partial charge on any atom is -0.354 e. The molecule has 1 saturated heterocycles. The fourth-order valence-electron chi connectivity index (χ4n) is 2.87. The third-order valence-electron chi connectivity index (χ3n) is 4.25. The van der Waals surface area contributed by atoms with E-state index in [1.165, 1.54) is 44.9 Å². The Hall–Kier alpha value is -0.570. The molecule has 1 aliphatic heterocycles. The second kappa shape index (κ2) is 5.85. The van der Waals surface area contributed by atoms with Gasteiger partial charge in [-0.3, -0.25) is 4.79 Å². The van der Waals surface area contributed by atoms with Gasteiger partial charge >= 0.3 is 0 Å². The first kappa shape index (κ1) is 12.9. The monoisotopic (exact) mass is 238 g/mol. The van der Waals surface area contributed by atoms with Gasteiger partial charge in [-0.05, 0) is 44.1 Å². The molecule has 0 spiro atoms. The Morgan fingerprint density at radius 2 is 2.18 bits per heavy atom. The zero-order valence-electron chi connectivity index (χ0n) is 11.1. The summed E-state index contributed by atoms with van der Waals surface area (Å²) in [5, 5.41) is 6.52. The predicted molar refractivity (Wildman–Crippen MR) is 69.8 cm³/mol. The highest BCUT2D eigenvalue weighted by Gasteiger charge is 2.41. The third kappa shape index (κ3) is 3.70. The fraction of sp³-hybridized carbons (Fsp3) is 0.929. The Morgan fingerprint density at radius 3 is 2.88 bits per heavy atom. The summed E-state index contributed by atoms with van der Waals surface area (Å²) in [5.41, 5.74) is 0.467. The molecule has 0 aromatic carbocycles. The van der Waals surface area contributed by atoms with Crippen molar-refractivity contribution in [3.63, 3.8) is 0 Å². The highest BCUT2D eigenvalue weighted by atomic mass is 16.2. The van der Waals surface area contributed by atoms with Gasteiger partial charge in [0.25, 0.3) is 0 Å². The van der Waals surface area contributed by atoms with Crippen LogP contribution in [0.4, 0.5) is 0 Å². The van der Waals surface area contributed by atoms with Crippen molar-refractivity contribution in [3.8, 4) is 0 Å². The van der Waals surface area contributed by atoms with Gasteiger partial charge in [-0.25, -0.2) is 0 Å². The maximum absolute atomic E-state index is 12.1. The van der Waals surface area contributed by atoms with E-state index >= 15 is 0 Å². The summed E-state index contributed by atoms with van der Waals surface area (Å²) in [6.07, 6.45) is 9.78. The van der Waals surface area contributed by atoms with Crippen molar-refractivity contribution in [1.82, 2.24) is 10.6 Å². The largest absolute Gasteiger partial charge is 0.354 e. The summed E-state index contributed by atoms with van der Waals surface area (Å²) < 4.78 is 0. The average Bonchev–Trinajstić information content (AvgIpc) is 3.10. The number of nitrogens with one attached hydrogen (secondary N) is 2. The van der Waals surface area contributed by atoms with Crippen LogP contribution in [-0.2, 0) is 4.79 Å². The first-order valence-corrected chi connectivity index (χ1v) is 7.27. The lowest BCUT2D eigenvalue weighted by Gasteiger charge is -2.19. The molecule has 3 heteroatoms. The topological polar surface area (TPSA) is 41.1 Å². The Labute approximate surface area is 105 Å². The Morgan fingerprint density at radius 1 is 1.35 bits per heavy atom. The molecule has 2 N–H and O–H groups in total. The van der Waals surface area contributed by atoms with Crippen LogP contribution in [0.5, 0.6) is 0 Å². The molecule has 1 saturated carbocycles. The third-order valence-corrected chi connectivity index (χ3v) is 4.25. The van der Waals surface area contributed by atoms with Gasteiger partial charge in [0.05, 0.1) is 6.04 Å². The first-order chi connectivity index (χ1) is 8.26. The lowest BCUT2D eigenvalue weighted by molar-refractivity contribution is -0.123. The summed E-state index contributed by atoms with van der Waals surface area (Å²) in [7, 11) is 0. The molecular weight excluding hydrogens is 212 g/mol. The molecule has 3 nitrogen and oxygen atoms in total. The summed E-state index contributed by atoms with van der Waals surface area (Å²) in [6, 6.07) is 0.0647. The number of hydrogen-bond donors (Lipinski definition) is 2. The molecule has 98 valence electrons. The van der Waals surface area contributed by atoms with E-state index in [9.17, 15) is 4.79 Å². The lowest BCUT2D eigenvalue weighted by atomic mass is 10.0. The van der Waals surface area contributed by atoms with Crippen molar-refractivity contribution in [2.75, 3.05) is 13.1 Å². The Balaban J connectivity index is 1.72. The van der Waals surface area contributed by atoms with Gasteiger partial charge in [0, 0.05) is 6.54 Å². The lowest BCUT2D eigenvalue weighted by Crippen LogP contribution is -2.45. The highest BCUT2D eigenvalue weighted by molar-refractivity contribution is 5.81. The van der Waals surface area contributed by atoms with Crippen molar-refractivity contribution in [3.05, 3.63) is 0 Å². The van der Waals surface area contributed by atoms with Crippen LogP contribution in [0.1, 0.15) is 58.3 Å². The van der Waals surface area contributed by atoms with Crippen LogP contribution in [0.3, 0.4) is 0 Å². The maximum atomic E-state index is 12.1. The van der Waals surface area contributed by atoms with Crippen LogP contribution in [0, 0.1) is 5.41 Å². The quantitative estimate of drug-likeness (QED) is 0.771. The summed E-state index contributed by atoms with van der Waals surface area (Å²) in [6.45, 7) is 4.13. The zero-order valence-corrected chi connectivity index (χ0v) is 11.1. The van der Waals surface area contributed by atoms with Crippen molar-refractivity contribution in [2.24, 2.45) is 5.41 Å². The molecule has 1 heterocycles. The molecule has 1 aliphatic carbocycles. The molecule has 0 aromatic rings. The molecular formula is C14H26N2O. The summed E-state index contributed by atoms with van der Waals surface area (Å²) >= 11 is 0. The van der Waals surface area contributed by atoms with Crippen LogP contribution < -0.4 is 10.6 Å². The van der Waals surface area contributed by atoms with E-state index in [0.29, 0.717) is 5.41 Å². The van der Waals surface area contributed by atoms with E-state index in [0.717, 1.165) is 19.5 Å². The fourth-order valence-corrected chi connectivity index (χ4v) is 2.87. The minimum atomic E-state index is 0.0647. The van der Waals surface area contributed by atoms with Gasteiger partial charge in [0.15, 0.2) is 0 Å². The number of rotatable bonds is 5. The number of amides is 1. The van der Waals surface area contributed by atoms with Gasteiger partial charge in [-0.15, -0.1) is 0 Å². The van der Waals surface area contributed by atoms with Crippen molar-refractivity contribution < 1.29 is 4.79 Å². The van der Waals surface area contributed by atoms with Gasteiger partial charge in [0.2, 0.25) is 5.91 Å². The molecule has 1 atom stereocenters. The van der Waals surface area contributed by atoms with E-state index in [4.69, 9.17) is 0 Å². The second-order valence-electron chi connectivity index (χ2n) is 5.82. The van der Waals surface area contributed by atoms with E-state index in [2.05, 4.69) is 17.6 Å². The number of carbonyl (C=O) groups excluding carboxylic acids is 1. The van der Waals surface area contributed by atoms with Crippen LogP contribution in [-0.4, -0.2) is 25.0 Å². The van der Waals surface area contributed by atoms with Crippen molar-refractivity contribution >= 4 is 5.91 Å².